The summed E-state index contributed by atoms with van der Waals surface area (Å²) in [4.78, 5) is 12.0. The third-order valence-corrected chi connectivity index (χ3v) is 3.99. The predicted octanol–water partition coefficient (Wildman–Crippen LogP) is 2.98. The monoisotopic (exact) mass is 254 g/mol. The van der Waals surface area contributed by atoms with Crippen molar-refractivity contribution in [3.05, 3.63) is 0 Å². The summed E-state index contributed by atoms with van der Waals surface area (Å²) in [5, 5.41) is 3.05. The molecule has 0 heterocycles. The first-order chi connectivity index (χ1) is 8.75. The summed E-state index contributed by atoms with van der Waals surface area (Å²) >= 11 is 0. The molecule has 1 saturated carbocycles. The average molecular weight is 254 g/mol. The molecule has 1 amide bonds. The summed E-state index contributed by atoms with van der Waals surface area (Å²) < 4.78 is 0. The molecule has 0 saturated heterocycles. The lowest BCUT2D eigenvalue weighted by molar-refractivity contribution is -0.126. The van der Waals surface area contributed by atoms with E-state index in [2.05, 4.69) is 12.2 Å². The van der Waals surface area contributed by atoms with Gasteiger partial charge in [0, 0.05) is 12.6 Å². The number of hydrogen-bond donors (Lipinski definition) is 2. The van der Waals surface area contributed by atoms with E-state index in [1.54, 1.807) is 0 Å². The Hall–Kier alpha value is -0.570. The van der Waals surface area contributed by atoms with Crippen molar-refractivity contribution in [3.63, 3.8) is 0 Å². The first-order valence-electron chi connectivity index (χ1n) is 7.79. The van der Waals surface area contributed by atoms with Crippen LogP contribution in [-0.4, -0.2) is 18.5 Å². The molecule has 0 aliphatic heterocycles. The van der Waals surface area contributed by atoms with Gasteiger partial charge in [-0.25, -0.2) is 0 Å². The van der Waals surface area contributed by atoms with Crippen LogP contribution in [0.5, 0.6) is 0 Å². The van der Waals surface area contributed by atoms with E-state index in [9.17, 15) is 4.79 Å². The second-order valence-corrected chi connectivity index (χ2v) is 5.61. The Morgan fingerprint density at radius 3 is 2.50 bits per heavy atom. The largest absolute Gasteiger partial charge is 0.356 e. The minimum absolute atomic E-state index is 0.0684. The van der Waals surface area contributed by atoms with Crippen LogP contribution in [0.25, 0.3) is 0 Å². The van der Waals surface area contributed by atoms with E-state index >= 15 is 0 Å². The van der Waals surface area contributed by atoms with Gasteiger partial charge in [-0.2, -0.15) is 0 Å². The molecule has 3 nitrogen and oxygen atoms in total. The third kappa shape index (κ3) is 5.85. The van der Waals surface area contributed by atoms with E-state index in [0.717, 1.165) is 32.2 Å². The minimum atomic E-state index is 0.0684. The van der Waals surface area contributed by atoms with Crippen molar-refractivity contribution < 1.29 is 4.79 Å². The van der Waals surface area contributed by atoms with Crippen LogP contribution in [0.1, 0.15) is 71.1 Å². The van der Waals surface area contributed by atoms with E-state index in [1.807, 2.05) is 0 Å². The summed E-state index contributed by atoms with van der Waals surface area (Å²) in [6.07, 6.45) is 11.9. The normalized spacial score (nSPS) is 23.9. The van der Waals surface area contributed by atoms with E-state index in [1.165, 1.54) is 38.5 Å². The molecule has 0 spiro atoms. The topological polar surface area (TPSA) is 55.1 Å². The minimum Gasteiger partial charge on any atom is -0.356 e. The fraction of sp³-hybridized carbons (Fsp3) is 0.933. The van der Waals surface area contributed by atoms with Crippen LogP contribution in [-0.2, 0) is 4.79 Å². The number of hydrogen-bond acceptors (Lipinski definition) is 2. The molecule has 1 fully saturated rings. The van der Waals surface area contributed by atoms with Gasteiger partial charge >= 0.3 is 0 Å². The van der Waals surface area contributed by atoms with Gasteiger partial charge < -0.3 is 11.1 Å². The Bertz CT molecular complexity index is 231. The fourth-order valence-corrected chi connectivity index (χ4v) is 2.73. The first-order valence-corrected chi connectivity index (χ1v) is 7.79. The molecule has 1 aliphatic carbocycles. The number of nitrogens with one attached hydrogen (secondary N) is 1. The number of nitrogens with two attached hydrogens (primary N) is 1. The Labute approximate surface area is 112 Å². The Kier molecular flexibility index (Phi) is 8.06. The van der Waals surface area contributed by atoms with Gasteiger partial charge in [0.15, 0.2) is 0 Å². The molecule has 0 bridgehead atoms. The van der Waals surface area contributed by atoms with Crippen molar-refractivity contribution in [2.45, 2.75) is 77.2 Å². The lowest BCUT2D eigenvalue weighted by atomic mass is 9.84. The van der Waals surface area contributed by atoms with E-state index < -0.39 is 0 Å². The lowest BCUT2D eigenvalue weighted by Gasteiger charge is -2.27. The summed E-state index contributed by atoms with van der Waals surface area (Å²) in [5.74, 6) is 0.259. The third-order valence-electron chi connectivity index (χ3n) is 3.99. The van der Waals surface area contributed by atoms with Crippen molar-refractivity contribution in [1.29, 1.82) is 0 Å². The number of carbonyl (C=O) groups is 1. The molecule has 0 unspecified atom stereocenters. The number of carbonyl (C=O) groups excluding carboxylic acids is 1. The smallest absolute Gasteiger partial charge is 0.224 e. The van der Waals surface area contributed by atoms with Crippen molar-refractivity contribution >= 4 is 5.91 Å². The van der Waals surface area contributed by atoms with Gasteiger partial charge in [0.05, 0.1) is 5.92 Å². The number of rotatable bonds is 8. The van der Waals surface area contributed by atoms with Gasteiger partial charge in [-0.1, -0.05) is 51.9 Å². The zero-order chi connectivity index (χ0) is 13.2. The summed E-state index contributed by atoms with van der Waals surface area (Å²) in [6.45, 7) is 3.06. The molecule has 1 rings (SSSR count). The summed E-state index contributed by atoms with van der Waals surface area (Å²) in [6, 6.07) is 0.0864. The fourth-order valence-electron chi connectivity index (χ4n) is 2.73. The van der Waals surface area contributed by atoms with Gasteiger partial charge in [-0.3, -0.25) is 4.79 Å². The highest BCUT2D eigenvalue weighted by atomic mass is 16.1. The zero-order valence-electron chi connectivity index (χ0n) is 11.9. The van der Waals surface area contributed by atoms with Crippen LogP contribution < -0.4 is 11.1 Å². The van der Waals surface area contributed by atoms with Gasteiger partial charge in [-0.05, 0) is 19.3 Å². The molecule has 106 valence electrons. The zero-order valence-corrected chi connectivity index (χ0v) is 11.9. The van der Waals surface area contributed by atoms with Gasteiger partial charge in [0.1, 0.15) is 0 Å². The van der Waals surface area contributed by atoms with E-state index in [4.69, 9.17) is 5.73 Å². The maximum absolute atomic E-state index is 12.0. The van der Waals surface area contributed by atoms with Crippen LogP contribution in [0.4, 0.5) is 0 Å². The van der Waals surface area contributed by atoms with Crippen LogP contribution in [0.15, 0.2) is 0 Å². The SMILES string of the molecule is CCCCCCCCNC(=O)[C@H]1CCCC[C@@H]1N. The molecule has 0 aromatic heterocycles. The highest BCUT2D eigenvalue weighted by Crippen LogP contribution is 2.22. The lowest BCUT2D eigenvalue weighted by Crippen LogP contribution is -2.43. The molecule has 2 atom stereocenters. The highest BCUT2D eigenvalue weighted by molar-refractivity contribution is 5.79. The van der Waals surface area contributed by atoms with E-state index in [-0.39, 0.29) is 17.9 Å². The van der Waals surface area contributed by atoms with E-state index in [0.29, 0.717) is 0 Å². The molecule has 3 heteroatoms. The van der Waals surface area contributed by atoms with Gasteiger partial charge in [0.25, 0.3) is 0 Å². The van der Waals surface area contributed by atoms with Crippen LogP contribution in [0.2, 0.25) is 0 Å². The first kappa shape index (κ1) is 15.5. The Morgan fingerprint density at radius 1 is 1.11 bits per heavy atom. The van der Waals surface area contributed by atoms with Gasteiger partial charge in [-0.15, -0.1) is 0 Å². The van der Waals surface area contributed by atoms with Crippen LogP contribution in [0.3, 0.4) is 0 Å². The van der Waals surface area contributed by atoms with Crippen molar-refractivity contribution in [2.75, 3.05) is 6.54 Å². The Morgan fingerprint density at radius 2 is 1.78 bits per heavy atom. The van der Waals surface area contributed by atoms with Crippen LogP contribution >= 0.6 is 0 Å². The number of unbranched alkanes of at least 4 members (excludes halogenated alkanes) is 5. The summed E-state index contributed by atoms with van der Waals surface area (Å²) in [5.41, 5.74) is 6.00. The highest BCUT2D eigenvalue weighted by Gasteiger charge is 2.27. The molecule has 0 aromatic carbocycles. The second-order valence-electron chi connectivity index (χ2n) is 5.61. The summed E-state index contributed by atoms with van der Waals surface area (Å²) in [7, 11) is 0. The second kappa shape index (κ2) is 9.37. The molecule has 0 aromatic rings. The molecule has 0 radical (unpaired) electrons. The molecule has 18 heavy (non-hydrogen) atoms. The molecular formula is C15H30N2O. The quantitative estimate of drug-likeness (QED) is 0.654. The maximum Gasteiger partial charge on any atom is 0.224 e. The molecular weight excluding hydrogens is 224 g/mol. The Balaban J connectivity index is 2.02. The number of amides is 1. The average Bonchev–Trinajstić information content (AvgIpc) is 2.38. The predicted molar refractivity (Wildman–Crippen MR) is 76.3 cm³/mol. The standard InChI is InChI=1S/C15H30N2O/c1-2-3-4-5-6-9-12-17-15(18)13-10-7-8-11-14(13)16/h13-14H,2-12,16H2,1H3,(H,17,18)/t13-,14-/m0/s1. The molecule has 1 aliphatic rings. The van der Waals surface area contributed by atoms with Crippen LogP contribution in [0, 0.1) is 5.92 Å². The van der Waals surface area contributed by atoms with Crippen molar-refractivity contribution in [2.24, 2.45) is 11.7 Å². The van der Waals surface area contributed by atoms with Crippen molar-refractivity contribution in [3.8, 4) is 0 Å². The molecule has 3 N–H and O–H groups in total. The van der Waals surface area contributed by atoms with Gasteiger partial charge in [0.2, 0.25) is 5.91 Å². The maximum atomic E-state index is 12.0. The van der Waals surface area contributed by atoms with Crippen molar-refractivity contribution in [1.82, 2.24) is 5.32 Å².